The van der Waals surface area contributed by atoms with Crippen LogP contribution in [0.2, 0.25) is 5.02 Å². The van der Waals surface area contributed by atoms with Crippen LogP contribution in [0.1, 0.15) is 12.8 Å². The summed E-state index contributed by atoms with van der Waals surface area (Å²) < 4.78 is 0. The second-order valence-corrected chi connectivity index (χ2v) is 5.26. The van der Waals surface area contributed by atoms with Crippen LogP contribution in [0, 0.1) is 5.92 Å². The number of anilines is 1. The molecule has 0 radical (unpaired) electrons. The number of hydrogen-bond donors (Lipinski definition) is 1. The van der Waals surface area contributed by atoms with Crippen LogP contribution in [0.25, 0.3) is 0 Å². The van der Waals surface area contributed by atoms with Crippen molar-refractivity contribution in [3.05, 3.63) is 29.3 Å². The number of rotatable bonds is 2. The molecule has 2 aliphatic rings. The van der Waals surface area contributed by atoms with E-state index in [2.05, 4.69) is 22.3 Å². The molecule has 0 bridgehead atoms. The minimum Gasteiger partial charge on any atom is -0.369 e. The van der Waals surface area contributed by atoms with Crippen molar-refractivity contribution < 1.29 is 0 Å². The molecule has 2 nitrogen and oxygen atoms in total. The van der Waals surface area contributed by atoms with E-state index in [4.69, 9.17) is 11.6 Å². The van der Waals surface area contributed by atoms with Gasteiger partial charge in [0, 0.05) is 36.4 Å². The molecule has 1 atom stereocenters. The molecule has 1 aromatic rings. The Kier molecular flexibility index (Phi) is 2.78. The van der Waals surface area contributed by atoms with Crippen molar-refractivity contribution in [2.75, 3.05) is 24.5 Å². The van der Waals surface area contributed by atoms with E-state index in [-0.39, 0.29) is 0 Å². The van der Waals surface area contributed by atoms with Gasteiger partial charge in [-0.05, 0) is 43.0 Å². The largest absolute Gasteiger partial charge is 0.369 e. The number of benzene rings is 1. The van der Waals surface area contributed by atoms with Gasteiger partial charge >= 0.3 is 0 Å². The number of nitrogens with one attached hydrogen (secondary N) is 1. The topological polar surface area (TPSA) is 15.3 Å². The average Bonchev–Trinajstić information content (AvgIpc) is 3.14. The third-order valence-corrected chi connectivity index (χ3v) is 3.84. The summed E-state index contributed by atoms with van der Waals surface area (Å²) in [6.45, 7) is 3.35. The predicted octanol–water partition coefficient (Wildman–Crippen LogP) is 2.53. The first-order chi connectivity index (χ1) is 7.83. The molecule has 2 fully saturated rings. The molecule has 3 rings (SSSR count). The SMILES string of the molecule is Clc1ccc(N2CCNC(C3CC3)C2)cc1. The Balaban J connectivity index is 1.71. The van der Waals surface area contributed by atoms with Crippen molar-refractivity contribution in [3.63, 3.8) is 0 Å². The Hall–Kier alpha value is -0.730. The zero-order chi connectivity index (χ0) is 11.0. The lowest BCUT2D eigenvalue weighted by Crippen LogP contribution is -2.51. The van der Waals surface area contributed by atoms with Crippen molar-refractivity contribution in [2.45, 2.75) is 18.9 Å². The maximum Gasteiger partial charge on any atom is 0.0407 e. The first kappa shape index (κ1) is 10.4. The van der Waals surface area contributed by atoms with Gasteiger partial charge in [0.05, 0.1) is 0 Å². The molecule has 1 aromatic carbocycles. The van der Waals surface area contributed by atoms with E-state index < -0.39 is 0 Å². The van der Waals surface area contributed by atoms with Crippen molar-refractivity contribution in [3.8, 4) is 0 Å². The molecule has 0 spiro atoms. The number of halogens is 1. The molecular formula is C13H17ClN2. The van der Waals surface area contributed by atoms with Crippen LogP contribution in [0.5, 0.6) is 0 Å². The summed E-state index contributed by atoms with van der Waals surface area (Å²) >= 11 is 5.91. The number of piperazine rings is 1. The highest BCUT2D eigenvalue weighted by Gasteiger charge is 2.33. The second-order valence-electron chi connectivity index (χ2n) is 4.82. The van der Waals surface area contributed by atoms with Crippen LogP contribution in [-0.4, -0.2) is 25.7 Å². The highest BCUT2D eigenvalue weighted by atomic mass is 35.5. The summed E-state index contributed by atoms with van der Waals surface area (Å²) in [6.07, 6.45) is 2.82. The molecule has 1 aliphatic heterocycles. The van der Waals surface area contributed by atoms with Crippen molar-refractivity contribution in [1.82, 2.24) is 5.32 Å². The van der Waals surface area contributed by atoms with Crippen LogP contribution in [0.3, 0.4) is 0 Å². The third kappa shape index (κ3) is 2.18. The zero-order valence-corrected chi connectivity index (χ0v) is 10.1. The Bertz CT molecular complexity index is 359. The predicted molar refractivity (Wildman–Crippen MR) is 68.2 cm³/mol. The second kappa shape index (κ2) is 4.27. The highest BCUT2D eigenvalue weighted by Crippen LogP contribution is 2.34. The zero-order valence-electron chi connectivity index (χ0n) is 9.32. The van der Waals surface area contributed by atoms with Gasteiger partial charge < -0.3 is 10.2 Å². The summed E-state index contributed by atoms with van der Waals surface area (Å²) in [5, 5.41) is 4.44. The molecule has 1 heterocycles. The molecule has 0 aromatic heterocycles. The summed E-state index contributed by atoms with van der Waals surface area (Å²) in [4.78, 5) is 2.47. The van der Waals surface area contributed by atoms with Gasteiger partial charge in [-0.3, -0.25) is 0 Å². The molecule has 1 saturated carbocycles. The summed E-state index contributed by atoms with van der Waals surface area (Å²) in [5.41, 5.74) is 1.30. The van der Waals surface area contributed by atoms with Gasteiger partial charge in [0.15, 0.2) is 0 Å². The highest BCUT2D eigenvalue weighted by molar-refractivity contribution is 6.30. The quantitative estimate of drug-likeness (QED) is 0.849. The molecule has 1 saturated heterocycles. The van der Waals surface area contributed by atoms with Crippen LogP contribution in [-0.2, 0) is 0 Å². The first-order valence-electron chi connectivity index (χ1n) is 6.07. The van der Waals surface area contributed by atoms with Gasteiger partial charge in [-0.1, -0.05) is 11.6 Å². The summed E-state index contributed by atoms with van der Waals surface area (Å²) in [7, 11) is 0. The molecule has 86 valence electrons. The van der Waals surface area contributed by atoms with Crippen LogP contribution in [0.4, 0.5) is 5.69 Å². The van der Waals surface area contributed by atoms with Gasteiger partial charge in [0.25, 0.3) is 0 Å². The Morgan fingerprint density at radius 2 is 1.94 bits per heavy atom. The Labute approximate surface area is 102 Å². The Morgan fingerprint density at radius 1 is 1.19 bits per heavy atom. The van der Waals surface area contributed by atoms with Gasteiger partial charge in [-0.2, -0.15) is 0 Å². The average molecular weight is 237 g/mol. The van der Waals surface area contributed by atoms with Gasteiger partial charge in [-0.15, -0.1) is 0 Å². The maximum absolute atomic E-state index is 5.91. The van der Waals surface area contributed by atoms with E-state index >= 15 is 0 Å². The minimum atomic E-state index is 0.699. The van der Waals surface area contributed by atoms with E-state index in [0.29, 0.717) is 6.04 Å². The lowest BCUT2D eigenvalue weighted by molar-refractivity contribution is 0.419. The number of nitrogens with zero attached hydrogens (tertiary/aromatic N) is 1. The minimum absolute atomic E-state index is 0.699. The van der Waals surface area contributed by atoms with Crippen molar-refractivity contribution in [1.29, 1.82) is 0 Å². The van der Waals surface area contributed by atoms with E-state index in [0.717, 1.165) is 30.6 Å². The van der Waals surface area contributed by atoms with E-state index in [1.54, 1.807) is 0 Å². The normalized spacial score (nSPS) is 25.8. The summed E-state index contributed by atoms with van der Waals surface area (Å²) in [6, 6.07) is 8.90. The van der Waals surface area contributed by atoms with Gasteiger partial charge in [-0.25, -0.2) is 0 Å². The smallest absolute Gasteiger partial charge is 0.0407 e. The fourth-order valence-electron chi connectivity index (χ4n) is 2.48. The molecule has 1 unspecified atom stereocenters. The molecule has 1 aliphatic carbocycles. The lowest BCUT2D eigenvalue weighted by Gasteiger charge is -2.35. The lowest BCUT2D eigenvalue weighted by atomic mass is 10.1. The molecule has 1 N–H and O–H groups in total. The maximum atomic E-state index is 5.91. The Morgan fingerprint density at radius 3 is 2.62 bits per heavy atom. The fourth-order valence-corrected chi connectivity index (χ4v) is 2.60. The van der Waals surface area contributed by atoms with Gasteiger partial charge in [0.2, 0.25) is 0 Å². The van der Waals surface area contributed by atoms with Crippen molar-refractivity contribution >= 4 is 17.3 Å². The van der Waals surface area contributed by atoms with Crippen LogP contribution >= 0.6 is 11.6 Å². The molecule has 3 heteroatoms. The fraction of sp³-hybridized carbons (Fsp3) is 0.538. The standard InChI is InChI=1S/C13H17ClN2/c14-11-3-5-12(6-4-11)16-8-7-15-13(9-16)10-1-2-10/h3-6,10,13,15H,1-2,7-9H2. The monoisotopic (exact) mass is 236 g/mol. The van der Waals surface area contributed by atoms with E-state index in [1.165, 1.54) is 18.5 Å². The molecule has 16 heavy (non-hydrogen) atoms. The van der Waals surface area contributed by atoms with Crippen LogP contribution < -0.4 is 10.2 Å². The van der Waals surface area contributed by atoms with Gasteiger partial charge in [0.1, 0.15) is 0 Å². The molecular weight excluding hydrogens is 220 g/mol. The number of hydrogen-bond acceptors (Lipinski definition) is 2. The summed E-state index contributed by atoms with van der Waals surface area (Å²) in [5.74, 6) is 0.926. The van der Waals surface area contributed by atoms with E-state index in [1.807, 2.05) is 12.1 Å². The molecule has 0 amide bonds. The van der Waals surface area contributed by atoms with E-state index in [9.17, 15) is 0 Å². The third-order valence-electron chi connectivity index (χ3n) is 3.59. The van der Waals surface area contributed by atoms with Crippen LogP contribution in [0.15, 0.2) is 24.3 Å². The van der Waals surface area contributed by atoms with Crippen molar-refractivity contribution in [2.24, 2.45) is 5.92 Å². The first-order valence-corrected chi connectivity index (χ1v) is 6.44.